The Balaban J connectivity index is 1.57. The van der Waals surface area contributed by atoms with Gasteiger partial charge in [0.05, 0.1) is 31.1 Å². The summed E-state index contributed by atoms with van der Waals surface area (Å²) >= 11 is 0. The number of amides is 1. The highest BCUT2D eigenvalue weighted by Crippen LogP contribution is 2.22. The highest BCUT2D eigenvalue weighted by atomic mass is 32.2. The van der Waals surface area contributed by atoms with Crippen LogP contribution in [0.2, 0.25) is 0 Å². The fourth-order valence-electron chi connectivity index (χ4n) is 4.32. The van der Waals surface area contributed by atoms with Crippen molar-refractivity contribution >= 4 is 15.9 Å². The fraction of sp³-hybridized carbons (Fsp3) is 0.650. The van der Waals surface area contributed by atoms with Crippen molar-refractivity contribution in [2.45, 2.75) is 56.0 Å². The van der Waals surface area contributed by atoms with Crippen molar-refractivity contribution in [3.05, 3.63) is 30.3 Å². The second-order valence-corrected chi connectivity index (χ2v) is 9.78. The fourth-order valence-corrected chi connectivity index (χ4v) is 5.78. The first-order valence-electron chi connectivity index (χ1n) is 10.1. The van der Waals surface area contributed by atoms with Crippen molar-refractivity contribution in [1.82, 2.24) is 9.21 Å². The molecule has 1 heterocycles. The molecule has 3 rings (SSSR count). The highest BCUT2D eigenvalue weighted by molar-refractivity contribution is 7.89. The lowest BCUT2D eigenvalue weighted by molar-refractivity contribution is -0.918. The van der Waals surface area contributed by atoms with E-state index < -0.39 is 10.0 Å². The Morgan fingerprint density at radius 3 is 2.30 bits per heavy atom. The molecular formula is C20H32N3O3S+. The van der Waals surface area contributed by atoms with Crippen LogP contribution in [0.1, 0.15) is 39.0 Å². The third kappa shape index (κ3) is 4.52. The standard InChI is InChI=1S/C20H31N3O3S/c1-17(20(24)21(2)18-9-5-3-6-10-18)22-13-15-23(16-14-22)27(25,26)19-11-7-4-8-12-19/h4,7-8,11-12,17-18H,3,5-6,9-10,13-16H2,1-2H3/p+1/t17-/m1/s1. The van der Waals surface area contributed by atoms with E-state index in [1.54, 1.807) is 28.6 Å². The number of carbonyl (C=O) groups is 1. The van der Waals surface area contributed by atoms with E-state index in [2.05, 4.69) is 0 Å². The third-order valence-electron chi connectivity index (χ3n) is 6.20. The number of nitrogens with zero attached hydrogens (tertiary/aromatic N) is 2. The van der Waals surface area contributed by atoms with E-state index in [0.29, 0.717) is 37.1 Å². The Hall–Kier alpha value is -1.44. The molecule has 1 saturated carbocycles. The number of rotatable bonds is 5. The number of hydrogen-bond donors (Lipinski definition) is 1. The Bertz CT molecular complexity index is 724. The first-order valence-corrected chi connectivity index (χ1v) is 11.5. The van der Waals surface area contributed by atoms with Crippen molar-refractivity contribution in [2.75, 3.05) is 33.2 Å². The maximum absolute atomic E-state index is 12.9. The zero-order valence-electron chi connectivity index (χ0n) is 16.4. The van der Waals surface area contributed by atoms with Gasteiger partial charge in [-0.2, -0.15) is 4.31 Å². The molecule has 1 aromatic carbocycles. The van der Waals surface area contributed by atoms with Crippen LogP contribution in [0.4, 0.5) is 0 Å². The lowest BCUT2D eigenvalue weighted by atomic mass is 9.94. The summed E-state index contributed by atoms with van der Waals surface area (Å²) in [6.45, 7) is 4.22. The molecule has 1 aliphatic carbocycles. The van der Waals surface area contributed by atoms with Gasteiger partial charge in [0.25, 0.3) is 5.91 Å². The molecule has 1 N–H and O–H groups in total. The van der Waals surface area contributed by atoms with Gasteiger partial charge < -0.3 is 9.80 Å². The van der Waals surface area contributed by atoms with Gasteiger partial charge in [0, 0.05) is 13.1 Å². The number of sulfonamides is 1. The normalized spacial score (nSPS) is 21.7. The number of quaternary nitrogens is 1. The van der Waals surface area contributed by atoms with E-state index >= 15 is 0 Å². The summed E-state index contributed by atoms with van der Waals surface area (Å²) in [5.41, 5.74) is 0. The van der Waals surface area contributed by atoms with Crippen LogP contribution in [-0.4, -0.2) is 68.8 Å². The summed E-state index contributed by atoms with van der Waals surface area (Å²) in [5.74, 6) is 0.191. The number of carbonyl (C=O) groups excluding carboxylic acids is 1. The number of nitrogens with one attached hydrogen (secondary N) is 1. The minimum Gasteiger partial charge on any atom is -0.338 e. The monoisotopic (exact) mass is 394 g/mol. The zero-order valence-corrected chi connectivity index (χ0v) is 17.2. The smallest absolute Gasteiger partial charge is 0.280 e. The van der Waals surface area contributed by atoms with Crippen molar-refractivity contribution in [3.8, 4) is 0 Å². The molecule has 27 heavy (non-hydrogen) atoms. The molecule has 2 aliphatic rings. The molecule has 6 nitrogen and oxygen atoms in total. The van der Waals surface area contributed by atoms with Gasteiger partial charge in [-0.05, 0) is 31.9 Å². The summed E-state index contributed by atoms with van der Waals surface area (Å²) in [4.78, 5) is 16.4. The molecular weight excluding hydrogens is 362 g/mol. The first kappa shape index (κ1) is 20.3. The van der Waals surface area contributed by atoms with Gasteiger partial charge in [-0.25, -0.2) is 8.42 Å². The van der Waals surface area contributed by atoms with E-state index in [1.165, 1.54) is 24.2 Å². The summed E-state index contributed by atoms with van der Waals surface area (Å²) in [6, 6.07) is 8.83. The minimum absolute atomic E-state index is 0.126. The molecule has 1 saturated heterocycles. The highest BCUT2D eigenvalue weighted by Gasteiger charge is 2.36. The largest absolute Gasteiger partial charge is 0.338 e. The van der Waals surface area contributed by atoms with Gasteiger partial charge in [0.15, 0.2) is 6.04 Å². The molecule has 1 atom stereocenters. The van der Waals surface area contributed by atoms with Crippen LogP contribution in [0.25, 0.3) is 0 Å². The average molecular weight is 395 g/mol. The Morgan fingerprint density at radius 1 is 1.11 bits per heavy atom. The average Bonchev–Trinajstić information content (AvgIpc) is 2.73. The van der Waals surface area contributed by atoms with Crippen molar-refractivity contribution in [2.24, 2.45) is 0 Å². The van der Waals surface area contributed by atoms with E-state index in [4.69, 9.17) is 0 Å². The molecule has 7 heteroatoms. The zero-order chi connectivity index (χ0) is 19.4. The summed E-state index contributed by atoms with van der Waals surface area (Å²) in [6.07, 6.45) is 5.90. The SMILES string of the molecule is C[C@H](C(=O)N(C)C1CCCCC1)[NH+]1CCN(S(=O)(=O)c2ccccc2)CC1. The van der Waals surface area contributed by atoms with Crippen LogP contribution in [0, 0.1) is 0 Å². The van der Waals surface area contributed by atoms with E-state index in [0.717, 1.165) is 12.8 Å². The number of benzene rings is 1. The number of piperazine rings is 1. The summed E-state index contributed by atoms with van der Waals surface area (Å²) in [5, 5.41) is 0. The van der Waals surface area contributed by atoms with Gasteiger partial charge in [-0.15, -0.1) is 0 Å². The number of likely N-dealkylation sites (N-methyl/N-ethyl adjacent to an activating group) is 1. The van der Waals surface area contributed by atoms with E-state index in [9.17, 15) is 13.2 Å². The quantitative estimate of drug-likeness (QED) is 0.802. The van der Waals surface area contributed by atoms with Crippen LogP contribution in [0.15, 0.2) is 35.2 Å². The Morgan fingerprint density at radius 2 is 1.70 bits per heavy atom. The summed E-state index contributed by atoms with van der Waals surface area (Å²) < 4.78 is 27.1. The second-order valence-electron chi connectivity index (χ2n) is 7.84. The molecule has 1 aromatic rings. The lowest BCUT2D eigenvalue weighted by Gasteiger charge is -2.37. The molecule has 0 bridgehead atoms. The van der Waals surface area contributed by atoms with Gasteiger partial charge in [-0.3, -0.25) is 4.79 Å². The third-order valence-corrected chi connectivity index (χ3v) is 8.11. The molecule has 1 amide bonds. The van der Waals surface area contributed by atoms with Gasteiger partial charge in [-0.1, -0.05) is 37.5 Å². The predicted octanol–water partition coefficient (Wildman–Crippen LogP) is 0.755. The Labute approximate surface area is 163 Å². The Kier molecular flexibility index (Phi) is 6.55. The molecule has 0 spiro atoms. The van der Waals surface area contributed by atoms with Crippen LogP contribution >= 0.6 is 0 Å². The maximum Gasteiger partial charge on any atom is 0.280 e. The lowest BCUT2D eigenvalue weighted by Crippen LogP contribution is -3.19. The van der Waals surface area contributed by atoms with Crippen LogP contribution in [0.3, 0.4) is 0 Å². The van der Waals surface area contributed by atoms with E-state index in [-0.39, 0.29) is 11.9 Å². The molecule has 1 aliphatic heterocycles. The summed E-state index contributed by atoms with van der Waals surface area (Å²) in [7, 11) is -1.51. The van der Waals surface area contributed by atoms with Crippen LogP contribution in [0.5, 0.6) is 0 Å². The van der Waals surface area contributed by atoms with Crippen molar-refractivity contribution in [1.29, 1.82) is 0 Å². The first-order chi connectivity index (χ1) is 12.9. The molecule has 0 unspecified atom stereocenters. The van der Waals surface area contributed by atoms with Crippen LogP contribution in [-0.2, 0) is 14.8 Å². The van der Waals surface area contributed by atoms with Crippen LogP contribution < -0.4 is 4.90 Å². The molecule has 2 fully saturated rings. The van der Waals surface area contributed by atoms with Gasteiger partial charge >= 0.3 is 0 Å². The second kappa shape index (κ2) is 8.71. The minimum atomic E-state index is -3.44. The molecule has 150 valence electrons. The van der Waals surface area contributed by atoms with Crippen molar-refractivity contribution in [3.63, 3.8) is 0 Å². The van der Waals surface area contributed by atoms with E-state index in [1.807, 2.05) is 24.9 Å². The van der Waals surface area contributed by atoms with Crippen molar-refractivity contribution < 1.29 is 18.1 Å². The maximum atomic E-state index is 12.9. The number of hydrogen-bond acceptors (Lipinski definition) is 3. The molecule has 0 aromatic heterocycles. The topological polar surface area (TPSA) is 62.1 Å². The van der Waals surface area contributed by atoms with Gasteiger partial charge in [0.2, 0.25) is 10.0 Å². The molecule has 0 radical (unpaired) electrons. The van der Waals surface area contributed by atoms with Gasteiger partial charge in [0.1, 0.15) is 0 Å². The predicted molar refractivity (Wildman–Crippen MR) is 105 cm³/mol.